The van der Waals surface area contributed by atoms with E-state index in [9.17, 15) is 4.79 Å². The number of fused-ring (bicyclic) bond motifs is 3. The van der Waals surface area contributed by atoms with Crippen molar-refractivity contribution in [3.63, 3.8) is 0 Å². The number of hydrogen-bond donors (Lipinski definition) is 1. The van der Waals surface area contributed by atoms with Crippen molar-refractivity contribution in [3.8, 4) is 0 Å². The van der Waals surface area contributed by atoms with Gasteiger partial charge in [-0.2, -0.15) is 0 Å². The summed E-state index contributed by atoms with van der Waals surface area (Å²) < 4.78 is 0. The van der Waals surface area contributed by atoms with Gasteiger partial charge in [-0.3, -0.25) is 4.79 Å². The molecule has 3 saturated heterocycles. The number of carbonyl (C=O) groups is 1. The van der Waals surface area contributed by atoms with Gasteiger partial charge in [0.1, 0.15) is 0 Å². The molecular weight excluding hydrogens is 260 g/mol. The third kappa shape index (κ3) is 3.44. The Morgan fingerprint density at radius 1 is 1.00 bits per heavy atom. The first-order chi connectivity index (χ1) is 9.93. The molecule has 0 aromatic heterocycles. The first-order valence-corrected chi connectivity index (χ1v) is 8.96. The fourth-order valence-electron chi connectivity index (χ4n) is 4.65. The summed E-state index contributed by atoms with van der Waals surface area (Å²) in [5.74, 6) is 2.16. The minimum absolute atomic E-state index is 0.277. The maximum Gasteiger partial charge on any atom is 0.223 e. The second-order valence-corrected chi connectivity index (χ2v) is 8.67. The van der Waals surface area contributed by atoms with Crippen LogP contribution in [0.15, 0.2) is 0 Å². The quantitative estimate of drug-likeness (QED) is 0.848. The maximum atomic E-state index is 12.6. The zero-order chi connectivity index (χ0) is 15.0. The molecule has 1 saturated carbocycles. The molecule has 0 aromatic rings. The van der Waals surface area contributed by atoms with Crippen molar-refractivity contribution in [1.29, 1.82) is 0 Å². The molecule has 3 heterocycles. The summed E-state index contributed by atoms with van der Waals surface area (Å²) in [7, 11) is 0. The van der Waals surface area contributed by atoms with E-state index in [1.54, 1.807) is 0 Å². The van der Waals surface area contributed by atoms with Crippen LogP contribution in [0.3, 0.4) is 0 Å². The summed E-state index contributed by atoms with van der Waals surface area (Å²) in [5.41, 5.74) is 0.400. The summed E-state index contributed by atoms with van der Waals surface area (Å²) >= 11 is 0. The highest BCUT2D eigenvalue weighted by atomic mass is 16.2. The molecule has 2 bridgehead atoms. The summed E-state index contributed by atoms with van der Waals surface area (Å²) in [4.78, 5) is 15.1. The first-order valence-electron chi connectivity index (χ1n) is 8.96. The summed E-state index contributed by atoms with van der Waals surface area (Å²) in [6.07, 6.45) is 7.19. The second kappa shape index (κ2) is 5.91. The van der Waals surface area contributed by atoms with Crippen molar-refractivity contribution in [1.82, 2.24) is 10.2 Å². The highest BCUT2D eigenvalue weighted by molar-refractivity contribution is 5.79. The van der Waals surface area contributed by atoms with Crippen LogP contribution in [-0.2, 0) is 4.79 Å². The monoisotopic (exact) mass is 292 g/mol. The fraction of sp³-hybridized carbons (Fsp3) is 0.944. The van der Waals surface area contributed by atoms with Crippen LogP contribution in [0.5, 0.6) is 0 Å². The molecule has 0 radical (unpaired) electrons. The van der Waals surface area contributed by atoms with Gasteiger partial charge < -0.3 is 10.2 Å². The number of carbonyl (C=O) groups excluding carboxylic acids is 1. The number of amides is 1. The van der Waals surface area contributed by atoms with Gasteiger partial charge in [0, 0.05) is 18.5 Å². The molecule has 1 unspecified atom stereocenters. The van der Waals surface area contributed by atoms with E-state index in [4.69, 9.17) is 0 Å². The van der Waals surface area contributed by atoms with E-state index in [2.05, 4.69) is 31.0 Å². The van der Waals surface area contributed by atoms with E-state index in [-0.39, 0.29) is 5.92 Å². The molecule has 21 heavy (non-hydrogen) atoms. The molecule has 3 nitrogen and oxygen atoms in total. The lowest BCUT2D eigenvalue weighted by Gasteiger charge is -2.45. The van der Waals surface area contributed by atoms with Crippen LogP contribution in [0.4, 0.5) is 0 Å². The van der Waals surface area contributed by atoms with Gasteiger partial charge >= 0.3 is 0 Å². The molecule has 4 fully saturated rings. The van der Waals surface area contributed by atoms with E-state index < -0.39 is 0 Å². The predicted octanol–water partition coefficient (Wildman–Crippen LogP) is 3.05. The number of nitrogens with zero attached hydrogens (tertiary/aromatic N) is 1. The standard InChI is InChI=1S/C18H32N2O/c1-18(2,3)15-6-4-14(5-7-15)17(21)19-16-12-20-10-8-13(16)9-11-20/h13-16H,4-12H2,1-3H3,(H,19,21). The molecule has 0 aromatic carbocycles. The Balaban J connectivity index is 1.49. The van der Waals surface area contributed by atoms with Crippen molar-refractivity contribution in [3.05, 3.63) is 0 Å². The van der Waals surface area contributed by atoms with Crippen molar-refractivity contribution in [2.75, 3.05) is 19.6 Å². The molecule has 1 N–H and O–H groups in total. The molecular formula is C18H32N2O. The summed E-state index contributed by atoms with van der Waals surface area (Å²) in [5, 5.41) is 3.39. The molecule has 3 heteroatoms. The Bertz CT molecular complexity index is 371. The summed E-state index contributed by atoms with van der Waals surface area (Å²) in [6, 6.07) is 0.431. The van der Waals surface area contributed by atoms with Gasteiger partial charge in [0.25, 0.3) is 0 Å². The van der Waals surface area contributed by atoms with Gasteiger partial charge in [-0.25, -0.2) is 0 Å². The van der Waals surface area contributed by atoms with Crippen LogP contribution in [-0.4, -0.2) is 36.5 Å². The number of piperidine rings is 3. The van der Waals surface area contributed by atoms with Gasteiger partial charge in [0.05, 0.1) is 0 Å². The van der Waals surface area contributed by atoms with Gasteiger partial charge in [-0.1, -0.05) is 20.8 Å². The third-order valence-corrected chi connectivity index (χ3v) is 6.31. The van der Waals surface area contributed by atoms with E-state index in [1.165, 1.54) is 38.8 Å². The average molecular weight is 292 g/mol. The van der Waals surface area contributed by atoms with Crippen LogP contribution < -0.4 is 5.32 Å². The van der Waals surface area contributed by atoms with Crippen LogP contribution in [0.2, 0.25) is 0 Å². The van der Waals surface area contributed by atoms with Gasteiger partial charge in [0.15, 0.2) is 0 Å². The molecule has 1 atom stereocenters. The Hall–Kier alpha value is -0.570. The Labute approximate surface area is 129 Å². The lowest BCUT2D eigenvalue weighted by molar-refractivity contribution is -0.128. The van der Waals surface area contributed by atoms with Crippen LogP contribution in [0.25, 0.3) is 0 Å². The SMILES string of the molecule is CC(C)(C)C1CCC(C(=O)NC2CN3CCC2CC3)CC1. The van der Waals surface area contributed by atoms with Crippen molar-refractivity contribution in [2.45, 2.75) is 65.3 Å². The van der Waals surface area contributed by atoms with E-state index >= 15 is 0 Å². The van der Waals surface area contributed by atoms with Crippen molar-refractivity contribution < 1.29 is 4.79 Å². The molecule has 1 amide bonds. The molecule has 0 spiro atoms. The maximum absolute atomic E-state index is 12.6. The van der Waals surface area contributed by atoms with Crippen LogP contribution in [0, 0.1) is 23.2 Å². The normalized spacial score (nSPS) is 40.0. The Morgan fingerprint density at radius 2 is 1.62 bits per heavy atom. The van der Waals surface area contributed by atoms with E-state index in [0.29, 0.717) is 17.4 Å². The lowest BCUT2D eigenvalue weighted by Crippen LogP contribution is -2.58. The van der Waals surface area contributed by atoms with Crippen LogP contribution >= 0.6 is 0 Å². The largest absolute Gasteiger partial charge is 0.352 e. The highest BCUT2D eigenvalue weighted by Gasteiger charge is 2.37. The Kier molecular flexibility index (Phi) is 4.31. The third-order valence-electron chi connectivity index (χ3n) is 6.31. The van der Waals surface area contributed by atoms with E-state index in [1.807, 2.05) is 0 Å². The average Bonchev–Trinajstić information content (AvgIpc) is 2.48. The molecule has 4 aliphatic rings. The fourth-order valence-corrected chi connectivity index (χ4v) is 4.65. The number of nitrogens with one attached hydrogen (secondary N) is 1. The lowest BCUT2D eigenvalue weighted by atomic mass is 9.69. The Morgan fingerprint density at radius 3 is 2.10 bits per heavy atom. The molecule has 120 valence electrons. The zero-order valence-corrected chi connectivity index (χ0v) is 14.0. The van der Waals surface area contributed by atoms with Crippen molar-refractivity contribution >= 4 is 5.91 Å². The molecule has 1 aliphatic carbocycles. The summed E-state index contributed by atoms with van der Waals surface area (Å²) in [6.45, 7) is 10.6. The minimum Gasteiger partial charge on any atom is -0.352 e. The zero-order valence-electron chi connectivity index (χ0n) is 14.0. The predicted molar refractivity (Wildman–Crippen MR) is 86.0 cm³/mol. The van der Waals surface area contributed by atoms with Gasteiger partial charge in [0.2, 0.25) is 5.91 Å². The molecule has 4 rings (SSSR count). The smallest absolute Gasteiger partial charge is 0.223 e. The van der Waals surface area contributed by atoms with Gasteiger partial charge in [-0.15, -0.1) is 0 Å². The second-order valence-electron chi connectivity index (χ2n) is 8.67. The first kappa shape index (κ1) is 15.3. The van der Waals surface area contributed by atoms with E-state index in [0.717, 1.165) is 31.2 Å². The number of hydrogen-bond acceptors (Lipinski definition) is 2. The topological polar surface area (TPSA) is 32.3 Å². The van der Waals surface area contributed by atoms with Gasteiger partial charge in [-0.05, 0) is 68.9 Å². The minimum atomic E-state index is 0.277. The van der Waals surface area contributed by atoms with Crippen molar-refractivity contribution in [2.24, 2.45) is 23.2 Å². The number of rotatable bonds is 2. The van der Waals surface area contributed by atoms with Crippen LogP contribution in [0.1, 0.15) is 59.3 Å². The highest BCUT2D eigenvalue weighted by Crippen LogP contribution is 2.40. The molecule has 3 aliphatic heterocycles.